The lowest BCUT2D eigenvalue weighted by molar-refractivity contribution is 0.274. The molecule has 0 aliphatic rings. The molecule has 4 nitrogen and oxygen atoms in total. The van der Waals surface area contributed by atoms with Gasteiger partial charge in [0, 0.05) is 26.7 Å². The fraction of sp³-hybridized carbons (Fsp3) is 0.583. The van der Waals surface area contributed by atoms with Crippen molar-refractivity contribution in [2.75, 3.05) is 46.6 Å². The molecule has 0 bridgehead atoms. The Kier molecular flexibility index (Phi) is 5.68. The lowest BCUT2D eigenvalue weighted by Crippen LogP contribution is -2.28. The minimum absolute atomic E-state index is 0.723. The molecule has 1 heterocycles. The average molecular weight is 257 g/mol. The largest absolute Gasteiger partial charge is 0.373 e. The molecule has 5 heteroatoms. The molecular weight excluding hydrogens is 236 g/mol. The summed E-state index contributed by atoms with van der Waals surface area (Å²) >= 11 is 6.13. The topological polar surface area (TPSA) is 31.4 Å². The Morgan fingerprint density at radius 1 is 1.24 bits per heavy atom. The highest BCUT2D eigenvalue weighted by molar-refractivity contribution is 6.31. The van der Waals surface area contributed by atoms with Crippen LogP contribution in [0.15, 0.2) is 12.1 Å². The van der Waals surface area contributed by atoms with E-state index in [1.165, 1.54) is 0 Å². The molecule has 0 radical (unpaired) electrons. The minimum atomic E-state index is 0.723. The fourth-order valence-electron chi connectivity index (χ4n) is 1.44. The Labute approximate surface area is 109 Å². The molecule has 0 saturated heterocycles. The standard InChI is InChI=1S/C12H21ClN4/c1-14-12-6-5-10(13)11(15-12)9-17(4)8-7-16(2)3/h5-6H,7-9H2,1-4H3,(H,14,15). The number of likely N-dealkylation sites (N-methyl/N-ethyl adjacent to an activating group) is 2. The van der Waals surface area contributed by atoms with Crippen LogP contribution in [0.2, 0.25) is 5.02 Å². The zero-order valence-corrected chi connectivity index (χ0v) is 11.8. The number of halogens is 1. The van der Waals surface area contributed by atoms with Gasteiger partial charge in [0.25, 0.3) is 0 Å². The van der Waals surface area contributed by atoms with E-state index in [1.54, 1.807) is 0 Å². The van der Waals surface area contributed by atoms with E-state index in [2.05, 4.69) is 41.2 Å². The van der Waals surface area contributed by atoms with Crippen LogP contribution in [0.25, 0.3) is 0 Å². The summed E-state index contributed by atoms with van der Waals surface area (Å²) in [6.07, 6.45) is 0. The second-order valence-electron chi connectivity index (χ2n) is 4.42. The second kappa shape index (κ2) is 6.79. The van der Waals surface area contributed by atoms with Crippen LogP contribution in [0.1, 0.15) is 5.69 Å². The Morgan fingerprint density at radius 3 is 2.53 bits per heavy atom. The van der Waals surface area contributed by atoms with Crippen molar-refractivity contribution >= 4 is 17.4 Å². The molecule has 0 aliphatic carbocycles. The van der Waals surface area contributed by atoms with E-state index in [4.69, 9.17) is 11.6 Å². The number of hydrogen-bond acceptors (Lipinski definition) is 4. The summed E-state index contributed by atoms with van der Waals surface area (Å²) in [5.41, 5.74) is 0.916. The molecular formula is C12H21ClN4. The number of pyridine rings is 1. The van der Waals surface area contributed by atoms with Gasteiger partial charge >= 0.3 is 0 Å². The summed E-state index contributed by atoms with van der Waals surface area (Å²) in [4.78, 5) is 8.84. The maximum Gasteiger partial charge on any atom is 0.126 e. The normalized spacial score (nSPS) is 11.2. The quantitative estimate of drug-likeness (QED) is 0.841. The van der Waals surface area contributed by atoms with E-state index in [9.17, 15) is 0 Å². The zero-order valence-electron chi connectivity index (χ0n) is 11.0. The van der Waals surface area contributed by atoms with Crippen LogP contribution in [0.4, 0.5) is 5.82 Å². The van der Waals surface area contributed by atoms with Crippen LogP contribution >= 0.6 is 11.6 Å². The van der Waals surface area contributed by atoms with Crippen molar-refractivity contribution in [1.82, 2.24) is 14.8 Å². The molecule has 0 aromatic carbocycles. The van der Waals surface area contributed by atoms with E-state index >= 15 is 0 Å². The molecule has 0 fully saturated rings. The summed E-state index contributed by atoms with van der Waals surface area (Å²) in [7, 11) is 8.07. The predicted octanol–water partition coefficient (Wildman–Crippen LogP) is 1.77. The molecule has 1 aromatic heterocycles. The molecule has 0 unspecified atom stereocenters. The van der Waals surface area contributed by atoms with E-state index in [0.29, 0.717) is 0 Å². The SMILES string of the molecule is CNc1ccc(Cl)c(CN(C)CCN(C)C)n1. The molecule has 17 heavy (non-hydrogen) atoms. The molecule has 1 N–H and O–H groups in total. The number of aromatic nitrogens is 1. The predicted molar refractivity (Wildman–Crippen MR) is 73.7 cm³/mol. The molecule has 0 spiro atoms. The smallest absolute Gasteiger partial charge is 0.126 e. The maximum absolute atomic E-state index is 6.13. The highest BCUT2D eigenvalue weighted by Crippen LogP contribution is 2.17. The van der Waals surface area contributed by atoms with Gasteiger partial charge in [-0.15, -0.1) is 0 Å². The van der Waals surface area contributed by atoms with Gasteiger partial charge in [0.2, 0.25) is 0 Å². The van der Waals surface area contributed by atoms with Gasteiger partial charge in [0.15, 0.2) is 0 Å². The van der Waals surface area contributed by atoms with Gasteiger partial charge < -0.3 is 10.2 Å². The highest BCUT2D eigenvalue weighted by atomic mass is 35.5. The van der Waals surface area contributed by atoms with Gasteiger partial charge in [-0.05, 0) is 33.3 Å². The van der Waals surface area contributed by atoms with Gasteiger partial charge in [0.05, 0.1) is 10.7 Å². The van der Waals surface area contributed by atoms with Crippen molar-refractivity contribution in [2.24, 2.45) is 0 Å². The van der Waals surface area contributed by atoms with Gasteiger partial charge in [-0.3, -0.25) is 4.90 Å². The fourth-order valence-corrected chi connectivity index (χ4v) is 1.60. The van der Waals surface area contributed by atoms with E-state index in [0.717, 1.165) is 36.2 Å². The number of hydrogen-bond donors (Lipinski definition) is 1. The maximum atomic E-state index is 6.13. The third kappa shape index (κ3) is 4.89. The molecule has 0 aliphatic heterocycles. The summed E-state index contributed by atoms with van der Waals surface area (Å²) in [6, 6.07) is 3.77. The summed E-state index contributed by atoms with van der Waals surface area (Å²) in [5, 5.41) is 3.74. The Hall–Kier alpha value is -0.840. The van der Waals surface area contributed by atoms with Gasteiger partial charge in [0.1, 0.15) is 5.82 Å². The lowest BCUT2D eigenvalue weighted by atomic mass is 10.3. The van der Waals surface area contributed by atoms with Crippen molar-refractivity contribution in [2.45, 2.75) is 6.54 Å². The molecule has 96 valence electrons. The van der Waals surface area contributed by atoms with Crippen LogP contribution in [0.5, 0.6) is 0 Å². The first-order chi connectivity index (χ1) is 8.02. The van der Waals surface area contributed by atoms with E-state index in [-0.39, 0.29) is 0 Å². The third-order valence-corrected chi connectivity index (χ3v) is 2.87. The van der Waals surface area contributed by atoms with Crippen molar-refractivity contribution < 1.29 is 0 Å². The summed E-state index contributed by atoms with van der Waals surface area (Å²) in [6.45, 7) is 2.79. The zero-order chi connectivity index (χ0) is 12.8. The Balaban J connectivity index is 2.60. The Morgan fingerprint density at radius 2 is 1.94 bits per heavy atom. The first kappa shape index (κ1) is 14.2. The molecule has 1 rings (SSSR count). The lowest BCUT2D eigenvalue weighted by Gasteiger charge is -2.19. The number of rotatable bonds is 6. The van der Waals surface area contributed by atoms with Crippen molar-refractivity contribution in [3.63, 3.8) is 0 Å². The first-order valence-electron chi connectivity index (χ1n) is 5.69. The van der Waals surface area contributed by atoms with Crippen LogP contribution in [-0.2, 0) is 6.54 Å². The van der Waals surface area contributed by atoms with Crippen LogP contribution in [0.3, 0.4) is 0 Å². The third-order valence-electron chi connectivity index (χ3n) is 2.52. The van der Waals surface area contributed by atoms with Gasteiger partial charge in [-0.2, -0.15) is 0 Å². The first-order valence-corrected chi connectivity index (χ1v) is 6.07. The van der Waals surface area contributed by atoms with Gasteiger partial charge in [-0.25, -0.2) is 4.98 Å². The van der Waals surface area contributed by atoms with Crippen molar-refractivity contribution in [3.05, 3.63) is 22.8 Å². The van der Waals surface area contributed by atoms with E-state index < -0.39 is 0 Å². The monoisotopic (exact) mass is 256 g/mol. The van der Waals surface area contributed by atoms with Crippen LogP contribution < -0.4 is 5.32 Å². The van der Waals surface area contributed by atoms with Crippen molar-refractivity contribution in [3.8, 4) is 0 Å². The average Bonchev–Trinajstić information content (AvgIpc) is 2.29. The van der Waals surface area contributed by atoms with Crippen LogP contribution in [-0.4, -0.2) is 56.1 Å². The van der Waals surface area contributed by atoms with Gasteiger partial charge in [-0.1, -0.05) is 11.6 Å². The number of nitrogens with zero attached hydrogens (tertiary/aromatic N) is 3. The molecule has 0 saturated carbocycles. The van der Waals surface area contributed by atoms with E-state index in [1.807, 2.05) is 19.2 Å². The number of nitrogens with one attached hydrogen (secondary N) is 1. The minimum Gasteiger partial charge on any atom is -0.373 e. The summed E-state index contributed by atoms with van der Waals surface area (Å²) < 4.78 is 0. The Bertz CT molecular complexity index is 354. The second-order valence-corrected chi connectivity index (χ2v) is 4.82. The number of anilines is 1. The molecule has 0 atom stereocenters. The van der Waals surface area contributed by atoms with Crippen molar-refractivity contribution in [1.29, 1.82) is 0 Å². The summed E-state index contributed by atoms with van der Waals surface area (Å²) in [5.74, 6) is 0.852. The molecule has 1 aromatic rings. The molecule has 0 amide bonds. The highest BCUT2D eigenvalue weighted by Gasteiger charge is 2.07. The van der Waals surface area contributed by atoms with Crippen LogP contribution in [0, 0.1) is 0 Å².